The van der Waals surface area contributed by atoms with Gasteiger partial charge in [-0.2, -0.15) is 22.6 Å². The van der Waals surface area contributed by atoms with Crippen molar-refractivity contribution in [3.63, 3.8) is 0 Å². The van der Waals surface area contributed by atoms with Crippen LogP contribution in [-0.2, 0) is 28.4 Å². The molecular formula is C14H21F3N4O4S. The summed E-state index contributed by atoms with van der Waals surface area (Å²) in [6.45, 7) is 2.50. The maximum atomic E-state index is 11.7. The van der Waals surface area contributed by atoms with Crippen LogP contribution in [0.25, 0.3) is 0 Å². The van der Waals surface area contributed by atoms with Gasteiger partial charge in [0, 0.05) is 50.5 Å². The van der Waals surface area contributed by atoms with Crippen molar-refractivity contribution in [3.05, 3.63) is 18.0 Å². The summed E-state index contributed by atoms with van der Waals surface area (Å²) in [6, 6.07) is 0.543. The number of aromatic nitrogens is 2. The molecule has 2 saturated heterocycles. The highest BCUT2D eigenvalue weighted by Gasteiger charge is 2.45. The highest BCUT2D eigenvalue weighted by Crippen LogP contribution is 2.33. The predicted octanol–water partition coefficient (Wildman–Crippen LogP) is 0.662. The fourth-order valence-corrected chi connectivity index (χ4v) is 4.61. The number of carboxylic acids is 1. The monoisotopic (exact) mass is 398 g/mol. The summed E-state index contributed by atoms with van der Waals surface area (Å²) in [6.07, 6.45) is 2.03. The Morgan fingerprint density at radius 3 is 2.35 bits per heavy atom. The van der Waals surface area contributed by atoms with E-state index in [1.165, 1.54) is 11.8 Å². The number of aryl methyl sites for hydroxylation is 1. The SMILES string of the molecule is Cn1cc(CN2CC[C@H]3[C@H]2CCN3S(C)(=O)=O)cn1.O=C(O)C(F)(F)F. The minimum atomic E-state index is -5.08. The van der Waals surface area contributed by atoms with Crippen LogP contribution in [0.2, 0.25) is 0 Å². The molecule has 2 aliphatic heterocycles. The minimum Gasteiger partial charge on any atom is -0.475 e. The zero-order chi connectivity index (χ0) is 19.7. The molecule has 0 aliphatic carbocycles. The Morgan fingerprint density at radius 2 is 1.88 bits per heavy atom. The zero-order valence-corrected chi connectivity index (χ0v) is 15.2. The maximum Gasteiger partial charge on any atom is 0.490 e. The molecule has 26 heavy (non-hydrogen) atoms. The second kappa shape index (κ2) is 7.53. The number of alkyl halides is 3. The lowest BCUT2D eigenvalue weighted by atomic mass is 10.1. The molecule has 2 atom stereocenters. The molecule has 2 fully saturated rings. The van der Waals surface area contributed by atoms with Crippen LogP contribution in [0.5, 0.6) is 0 Å². The normalized spacial score (nSPS) is 24.2. The smallest absolute Gasteiger partial charge is 0.475 e. The number of halogens is 3. The third kappa shape index (κ3) is 4.95. The molecule has 0 amide bonds. The number of carboxylic acid groups (broad SMARTS) is 1. The molecule has 0 spiro atoms. The molecule has 0 unspecified atom stereocenters. The summed E-state index contributed by atoms with van der Waals surface area (Å²) >= 11 is 0. The van der Waals surface area contributed by atoms with Gasteiger partial charge in [-0.05, 0) is 12.8 Å². The van der Waals surface area contributed by atoms with Crippen LogP contribution in [0.3, 0.4) is 0 Å². The lowest BCUT2D eigenvalue weighted by Crippen LogP contribution is -2.38. The molecule has 3 rings (SSSR count). The molecule has 0 bridgehead atoms. The number of hydrogen-bond donors (Lipinski definition) is 1. The van der Waals surface area contributed by atoms with Crippen molar-refractivity contribution in [1.29, 1.82) is 0 Å². The van der Waals surface area contributed by atoms with Crippen molar-refractivity contribution in [1.82, 2.24) is 19.0 Å². The Bertz CT molecular complexity index is 750. The molecule has 1 N–H and O–H groups in total. The van der Waals surface area contributed by atoms with Crippen molar-refractivity contribution in [2.24, 2.45) is 7.05 Å². The van der Waals surface area contributed by atoms with E-state index < -0.39 is 22.2 Å². The van der Waals surface area contributed by atoms with Gasteiger partial charge in [0.1, 0.15) is 0 Å². The van der Waals surface area contributed by atoms with E-state index in [0.717, 1.165) is 25.9 Å². The zero-order valence-electron chi connectivity index (χ0n) is 14.3. The van der Waals surface area contributed by atoms with Crippen LogP contribution in [-0.4, -0.2) is 76.1 Å². The average molecular weight is 398 g/mol. The summed E-state index contributed by atoms with van der Waals surface area (Å²) < 4.78 is 58.7. The maximum absolute atomic E-state index is 11.7. The molecule has 1 aromatic rings. The van der Waals surface area contributed by atoms with E-state index in [1.54, 1.807) is 8.99 Å². The number of sulfonamides is 1. The van der Waals surface area contributed by atoms with Crippen LogP contribution in [0.15, 0.2) is 12.4 Å². The summed E-state index contributed by atoms with van der Waals surface area (Å²) in [5.74, 6) is -2.76. The van der Waals surface area contributed by atoms with Crippen LogP contribution in [0.4, 0.5) is 13.2 Å². The van der Waals surface area contributed by atoms with Crippen LogP contribution in [0.1, 0.15) is 18.4 Å². The summed E-state index contributed by atoms with van der Waals surface area (Å²) in [5, 5.41) is 11.3. The molecular weight excluding hydrogens is 377 g/mol. The summed E-state index contributed by atoms with van der Waals surface area (Å²) in [5.41, 5.74) is 1.20. The highest BCUT2D eigenvalue weighted by molar-refractivity contribution is 7.88. The number of likely N-dealkylation sites (tertiary alicyclic amines) is 1. The third-order valence-corrected chi connectivity index (χ3v) is 5.76. The first-order valence-electron chi connectivity index (χ1n) is 7.88. The number of fused-ring (bicyclic) bond motifs is 1. The fraction of sp³-hybridized carbons (Fsp3) is 0.714. The fourth-order valence-electron chi connectivity index (χ4n) is 3.43. The van der Waals surface area contributed by atoms with Crippen molar-refractivity contribution in [2.45, 2.75) is 37.6 Å². The Balaban J connectivity index is 0.000000298. The molecule has 8 nitrogen and oxygen atoms in total. The van der Waals surface area contributed by atoms with E-state index in [-0.39, 0.29) is 6.04 Å². The van der Waals surface area contributed by atoms with Gasteiger partial charge in [-0.1, -0.05) is 0 Å². The molecule has 12 heteroatoms. The Morgan fingerprint density at radius 1 is 1.31 bits per heavy atom. The van der Waals surface area contributed by atoms with Gasteiger partial charge in [0.25, 0.3) is 0 Å². The molecule has 1 aromatic heterocycles. The van der Waals surface area contributed by atoms with Crippen molar-refractivity contribution in [3.8, 4) is 0 Å². The van der Waals surface area contributed by atoms with Crippen molar-refractivity contribution >= 4 is 16.0 Å². The van der Waals surface area contributed by atoms with Gasteiger partial charge in [0.15, 0.2) is 0 Å². The number of rotatable bonds is 3. The highest BCUT2D eigenvalue weighted by atomic mass is 32.2. The van der Waals surface area contributed by atoms with Gasteiger partial charge in [-0.15, -0.1) is 0 Å². The first-order chi connectivity index (χ1) is 11.9. The number of nitrogens with zero attached hydrogens (tertiary/aromatic N) is 4. The molecule has 0 aromatic carbocycles. The Labute approximate surface area is 149 Å². The first-order valence-corrected chi connectivity index (χ1v) is 9.73. The lowest BCUT2D eigenvalue weighted by Gasteiger charge is -2.24. The average Bonchev–Trinajstić information content (AvgIpc) is 3.15. The quantitative estimate of drug-likeness (QED) is 0.804. The van der Waals surface area contributed by atoms with E-state index >= 15 is 0 Å². The number of aliphatic carboxylic acids is 1. The molecule has 3 heterocycles. The Kier molecular flexibility index (Phi) is 5.98. The van der Waals surface area contributed by atoms with Gasteiger partial charge in [-0.25, -0.2) is 13.2 Å². The molecule has 0 radical (unpaired) electrons. The van der Waals surface area contributed by atoms with Crippen LogP contribution < -0.4 is 0 Å². The van der Waals surface area contributed by atoms with Crippen LogP contribution in [0, 0.1) is 0 Å². The largest absolute Gasteiger partial charge is 0.490 e. The standard InChI is InChI=1S/C12H20N4O2S.C2HF3O2/c1-14-8-10(7-13-14)9-15-5-3-12-11(15)4-6-16(12)19(2,17)18;3-2(4,5)1(6)7/h7-8,11-12H,3-6,9H2,1-2H3;(H,6,7)/t11-,12+;/m1./s1. The predicted molar refractivity (Wildman–Crippen MR) is 85.7 cm³/mol. The van der Waals surface area contributed by atoms with E-state index in [4.69, 9.17) is 9.90 Å². The number of hydrogen-bond acceptors (Lipinski definition) is 5. The molecule has 2 aliphatic rings. The summed E-state index contributed by atoms with van der Waals surface area (Å²) in [4.78, 5) is 11.3. The van der Waals surface area contributed by atoms with Crippen molar-refractivity contribution in [2.75, 3.05) is 19.3 Å². The second-order valence-corrected chi connectivity index (χ2v) is 8.32. The van der Waals surface area contributed by atoms with E-state index in [9.17, 15) is 21.6 Å². The van der Waals surface area contributed by atoms with Crippen LogP contribution >= 0.6 is 0 Å². The first kappa shape index (κ1) is 20.6. The number of carbonyl (C=O) groups is 1. The summed E-state index contributed by atoms with van der Waals surface area (Å²) in [7, 11) is -1.14. The van der Waals surface area contributed by atoms with E-state index in [1.807, 2.05) is 19.4 Å². The lowest BCUT2D eigenvalue weighted by molar-refractivity contribution is -0.192. The van der Waals surface area contributed by atoms with Gasteiger partial charge >= 0.3 is 12.1 Å². The van der Waals surface area contributed by atoms with Gasteiger partial charge in [0.05, 0.1) is 12.5 Å². The second-order valence-electron chi connectivity index (χ2n) is 6.38. The topological polar surface area (TPSA) is 95.7 Å². The van der Waals surface area contributed by atoms with E-state index in [0.29, 0.717) is 12.6 Å². The third-order valence-electron chi connectivity index (χ3n) is 4.45. The van der Waals surface area contributed by atoms with E-state index in [2.05, 4.69) is 10.00 Å². The minimum absolute atomic E-state index is 0.173. The van der Waals surface area contributed by atoms with Gasteiger partial charge in [-0.3, -0.25) is 9.58 Å². The van der Waals surface area contributed by atoms with Crippen molar-refractivity contribution < 1.29 is 31.5 Å². The molecule has 0 saturated carbocycles. The Hall–Kier alpha value is -1.66. The van der Waals surface area contributed by atoms with Gasteiger partial charge in [0.2, 0.25) is 10.0 Å². The van der Waals surface area contributed by atoms with Gasteiger partial charge < -0.3 is 5.11 Å². The molecule has 148 valence electrons.